The molecule has 2 aromatic carbocycles. The van der Waals surface area contributed by atoms with Gasteiger partial charge in [-0.3, -0.25) is 9.52 Å². The normalized spacial score (nSPS) is 13.6. The number of anilines is 1. The van der Waals surface area contributed by atoms with Crippen LogP contribution >= 0.6 is 11.3 Å². The molecule has 0 fully saturated rings. The first-order chi connectivity index (χ1) is 14.4. The van der Waals surface area contributed by atoms with E-state index in [4.69, 9.17) is 4.74 Å². The minimum atomic E-state index is -3.59. The van der Waals surface area contributed by atoms with Gasteiger partial charge >= 0.3 is 0 Å². The Morgan fingerprint density at radius 3 is 2.77 bits per heavy atom. The number of sulfonamides is 1. The van der Waals surface area contributed by atoms with Crippen molar-refractivity contribution in [3.05, 3.63) is 81.5 Å². The van der Waals surface area contributed by atoms with Crippen molar-refractivity contribution >= 4 is 33.0 Å². The lowest BCUT2D eigenvalue weighted by molar-refractivity contribution is 0.0739. The highest BCUT2D eigenvalue weighted by molar-refractivity contribution is 7.91. The number of nitrogens with zero attached hydrogens (tertiary/aromatic N) is 1. The van der Waals surface area contributed by atoms with E-state index in [1.807, 2.05) is 34.5 Å². The van der Waals surface area contributed by atoms with Crippen LogP contribution in [0.1, 0.15) is 26.4 Å². The van der Waals surface area contributed by atoms with Crippen LogP contribution in [-0.4, -0.2) is 32.9 Å². The highest BCUT2D eigenvalue weighted by atomic mass is 32.2. The fraction of sp³-hybridized carbons (Fsp3) is 0.227. The zero-order valence-corrected chi connectivity index (χ0v) is 18.1. The van der Waals surface area contributed by atoms with Crippen molar-refractivity contribution in [3.63, 3.8) is 0 Å². The van der Waals surface area contributed by atoms with Crippen LogP contribution in [0.15, 0.2) is 60.0 Å². The number of ether oxygens (including phenoxy) is 1. The molecule has 4 rings (SSSR count). The van der Waals surface area contributed by atoms with Crippen LogP contribution in [0.5, 0.6) is 5.75 Å². The third kappa shape index (κ3) is 4.66. The smallest absolute Gasteiger partial charge is 0.264 e. The quantitative estimate of drug-likeness (QED) is 0.628. The second-order valence-corrected chi connectivity index (χ2v) is 9.82. The lowest BCUT2D eigenvalue weighted by atomic mass is 9.99. The van der Waals surface area contributed by atoms with Gasteiger partial charge in [0.2, 0.25) is 10.0 Å². The molecule has 0 aliphatic carbocycles. The summed E-state index contributed by atoms with van der Waals surface area (Å²) < 4.78 is 33.1. The van der Waals surface area contributed by atoms with E-state index in [1.54, 1.807) is 37.4 Å². The molecule has 2 heterocycles. The Balaban J connectivity index is 1.48. The molecule has 3 aromatic rings. The van der Waals surface area contributed by atoms with E-state index in [0.29, 0.717) is 35.0 Å². The van der Waals surface area contributed by atoms with Gasteiger partial charge < -0.3 is 9.64 Å². The summed E-state index contributed by atoms with van der Waals surface area (Å²) in [5.41, 5.74) is 3.25. The molecule has 1 aromatic heterocycles. The molecule has 1 aliphatic heterocycles. The van der Waals surface area contributed by atoms with E-state index in [0.717, 1.165) is 17.5 Å². The minimum Gasteiger partial charge on any atom is -0.497 e. The summed E-state index contributed by atoms with van der Waals surface area (Å²) in [6.45, 7) is 1.13. The molecular formula is C22H22N2O4S2. The van der Waals surface area contributed by atoms with Gasteiger partial charge in [-0.25, -0.2) is 8.42 Å². The Morgan fingerprint density at radius 2 is 2.00 bits per heavy atom. The van der Waals surface area contributed by atoms with E-state index in [9.17, 15) is 13.2 Å². The predicted octanol–water partition coefficient (Wildman–Crippen LogP) is 3.90. The molecule has 0 bridgehead atoms. The van der Waals surface area contributed by atoms with Crippen LogP contribution in [0.3, 0.4) is 0 Å². The van der Waals surface area contributed by atoms with Crippen molar-refractivity contribution in [1.82, 2.24) is 4.90 Å². The topological polar surface area (TPSA) is 75.7 Å². The maximum absolute atomic E-state index is 12.7. The van der Waals surface area contributed by atoms with E-state index < -0.39 is 10.0 Å². The molecule has 0 saturated heterocycles. The Labute approximate surface area is 180 Å². The number of hydrogen-bond donors (Lipinski definition) is 1. The monoisotopic (exact) mass is 442 g/mol. The van der Waals surface area contributed by atoms with Crippen LogP contribution < -0.4 is 9.46 Å². The third-order valence-corrected chi connectivity index (χ3v) is 7.12. The fourth-order valence-electron chi connectivity index (χ4n) is 3.55. The molecule has 0 spiro atoms. The zero-order chi connectivity index (χ0) is 21.1. The molecule has 0 unspecified atom stereocenters. The lowest BCUT2D eigenvalue weighted by Gasteiger charge is -2.29. The summed E-state index contributed by atoms with van der Waals surface area (Å²) in [6, 6.07) is 16.2. The molecule has 8 heteroatoms. The number of carbonyl (C=O) groups is 1. The first-order valence-electron chi connectivity index (χ1n) is 9.51. The first kappa shape index (κ1) is 20.4. The summed E-state index contributed by atoms with van der Waals surface area (Å²) in [4.78, 5) is 15.2. The largest absolute Gasteiger partial charge is 0.497 e. The highest BCUT2D eigenvalue weighted by Crippen LogP contribution is 2.26. The number of thiophene rings is 1. The summed E-state index contributed by atoms with van der Waals surface area (Å²) >= 11 is 1.43. The maximum atomic E-state index is 12.7. The van der Waals surface area contributed by atoms with Crippen LogP contribution in [0.2, 0.25) is 0 Å². The van der Waals surface area contributed by atoms with Crippen molar-refractivity contribution in [1.29, 1.82) is 0 Å². The van der Waals surface area contributed by atoms with Gasteiger partial charge in [-0.1, -0.05) is 24.3 Å². The number of methoxy groups -OCH3 is 1. The molecule has 0 radical (unpaired) electrons. The molecule has 0 atom stereocenters. The Morgan fingerprint density at radius 1 is 1.13 bits per heavy atom. The molecule has 1 N–H and O–H groups in total. The van der Waals surface area contributed by atoms with Gasteiger partial charge in [-0.05, 0) is 58.8 Å². The van der Waals surface area contributed by atoms with Crippen molar-refractivity contribution in [2.75, 3.05) is 18.4 Å². The Kier molecular flexibility index (Phi) is 5.78. The number of rotatable bonds is 6. The number of benzene rings is 2. The van der Waals surface area contributed by atoms with Crippen molar-refractivity contribution in [2.45, 2.75) is 18.7 Å². The number of nitrogens with one attached hydrogen (secondary N) is 1. The molecule has 6 nitrogen and oxygen atoms in total. The van der Waals surface area contributed by atoms with Gasteiger partial charge in [0.15, 0.2) is 0 Å². The summed E-state index contributed by atoms with van der Waals surface area (Å²) in [5.74, 6) is 0.483. The highest BCUT2D eigenvalue weighted by Gasteiger charge is 2.23. The third-order valence-electron chi connectivity index (χ3n) is 5.00. The van der Waals surface area contributed by atoms with Gasteiger partial charge in [-0.2, -0.15) is 0 Å². The van der Waals surface area contributed by atoms with Gasteiger partial charge in [-0.15, -0.1) is 11.3 Å². The molecule has 30 heavy (non-hydrogen) atoms. The Bertz CT molecular complexity index is 1160. The van der Waals surface area contributed by atoms with Gasteiger partial charge in [0.1, 0.15) is 5.75 Å². The van der Waals surface area contributed by atoms with Gasteiger partial charge in [0.05, 0.1) is 17.7 Å². The second kappa shape index (κ2) is 8.49. The summed E-state index contributed by atoms with van der Waals surface area (Å²) in [7, 11) is -2.04. The zero-order valence-electron chi connectivity index (χ0n) is 16.5. The molecule has 0 saturated carbocycles. The minimum absolute atomic E-state index is 0.0136. The first-order valence-corrected chi connectivity index (χ1v) is 12.0. The fourth-order valence-corrected chi connectivity index (χ4v) is 5.41. The summed E-state index contributed by atoms with van der Waals surface area (Å²) in [5, 5.41) is 1.89. The number of carbonyl (C=O) groups excluding carboxylic acids is 1. The van der Waals surface area contributed by atoms with Gasteiger partial charge in [0, 0.05) is 18.8 Å². The molecule has 1 amide bonds. The number of fused-ring (bicyclic) bond motifs is 1. The van der Waals surface area contributed by atoms with Crippen molar-refractivity contribution in [2.24, 2.45) is 0 Å². The van der Waals surface area contributed by atoms with Gasteiger partial charge in [0.25, 0.3) is 5.91 Å². The lowest BCUT2D eigenvalue weighted by Crippen LogP contribution is -2.35. The van der Waals surface area contributed by atoms with E-state index >= 15 is 0 Å². The average Bonchev–Trinajstić information content (AvgIpc) is 3.27. The molecular weight excluding hydrogens is 420 g/mol. The SMILES string of the molecule is COc1cccc(CS(=O)(=O)Nc2ccc3c(c2)CN(C(=O)c2cccs2)CC3)c1. The standard InChI is InChI=1S/C22H22N2O4S2/c1-28-20-5-2-4-16(12-20)15-30(26,27)23-19-8-7-17-9-10-24(14-18(17)13-19)22(25)21-6-3-11-29-21/h2-8,11-13,23H,9-10,14-15H2,1H3. The van der Waals surface area contributed by atoms with E-state index in [2.05, 4.69) is 4.72 Å². The van der Waals surface area contributed by atoms with Crippen LogP contribution in [0.25, 0.3) is 0 Å². The van der Waals surface area contributed by atoms with E-state index in [1.165, 1.54) is 11.3 Å². The predicted molar refractivity (Wildman–Crippen MR) is 118 cm³/mol. The van der Waals surface area contributed by atoms with Crippen molar-refractivity contribution in [3.8, 4) is 5.75 Å². The van der Waals surface area contributed by atoms with Crippen molar-refractivity contribution < 1.29 is 17.9 Å². The molecule has 156 valence electrons. The number of amides is 1. The van der Waals surface area contributed by atoms with Crippen LogP contribution in [-0.2, 0) is 28.7 Å². The van der Waals surface area contributed by atoms with E-state index in [-0.39, 0.29) is 11.7 Å². The van der Waals surface area contributed by atoms with Crippen LogP contribution in [0, 0.1) is 0 Å². The molecule has 1 aliphatic rings. The number of hydrogen-bond acceptors (Lipinski definition) is 5. The van der Waals surface area contributed by atoms with Crippen LogP contribution in [0.4, 0.5) is 5.69 Å². The second-order valence-electron chi connectivity index (χ2n) is 7.15. The average molecular weight is 443 g/mol. The maximum Gasteiger partial charge on any atom is 0.264 e. The Hall–Kier alpha value is -2.84. The summed E-state index contributed by atoms with van der Waals surface area (Å²) in [6.07, 6.45) is 0.753.